The molecule has 0 unspecified atom stereocenters. The van der Waals surface area contributed by atoms with E-state index in [1.54, 1.807) is 37.3 Å². The number of hydrogen-bond acceptors (Lipinski definition) is 6. The standard InChI is InChI=1S/C30H22Br2ClNO6/c1-12-9-20(35)18-10-17-15(22(24(18)27(12)36)19-11-21(40-2)28(37)26(32)25(19)31)7-8-16-23(17)30(39)34(29(16)38)14-5-3-13(33)4-6-14/h3-7,9,11,16-17,22-23,37H,8,10H2,1-2H3/t16-,17+,22+,23-/m0/s1. The molecule has 6 rings (SSSR count). The van der Waals surface area contributed by atoms with Gasteiger partial charge in [0.2, 0.25) is 11.8 Å². The van der Waals surface area contributed by atoms with Crippen molar-refractivity contribution in [3.8, 4) is 11.5 Å². The highest BCUT2D eigenvalue weighted by Gasteiger charge is 2.56. The number of phenols is 1. The number of benzene rings is 2. The Labute approximate surface area is 251 Å². The molecule has 3 aliphatic carbocycles. The lowest BCUT2D eigenvalue weighted by Crippen LogP contribution is -2.40. The average Bonchev–Trinajstić information content (AvgIpc) is 3.20. The van der Waals surface area contributed by atoms with Gasteiger partial charge in [-0.1, -0.05) is 23.3 Å². The van der Waals surface area contributed by atoms with Crippen LogP contribution in [-0.4, -0.2) is 35.6 Å². The number of ketones is 2. The van der Waals surface area contributed by atoms with Crippen molar-refractivity contribution >= 4 is 72.5 Å². The Morgan fingerprint density at radius 1 is 1.02 bits per heavy atom. The van der Waals surface area contributed by atoms with Crippen molar-refractivity contribution in [3.63, 3.8) is 0 Å². The summed E-state index contributed by atoms with van der Waals surface area (Å²) in [7, 11) is 1.42. The van der Waals surface area contributed by atoms with E-state index in [9.17, 15) is 24.3 Å². The summed E-state index contributed by atoms with van der Waals surface area (Å²) in [5, 5.41) is 11.1. The minimum Gasteiger partial charge on any atom is -0.503 e. The number of halogens is 3. The summed E-state index contributed by atoms with van der Waals surface area (Å²) < 4.78 is 6.24. The highest BCUT2D eigenvalue weighted by molar-refractivity contribution is 9.13. The van der Waals surface area contributed by atoms with Gasteiger partial charge in [0.25, 0.3) is 0 Å². The number of carbonyl (C=O) groups is 4. The van der Waals surface area contributed by atoms with E-state index in [0.717, 1.165) is 5.57 Å². The monoisotopic (exact) mass is 685 g/mol. The molecule has 0 spiro atoms. The fourth-order valence-corrected chi connectivity index (χ4v) is 7.62. The Hall–Kier alpha value is -3.01. The number of methoxy groups -OCH3 is 1. The molecular weight excluding hydrogens is 666 g/mol. The molecule has 0 bridgehead atoms. The topological polar surface area (TPSA) is 101 Å². The number of rotatable bonds is 3. The van der Waals surface area contributed by atoms with Crippen molar-refractivity contribution < 1.29 is 29.0 Å². The molecule has 204 valence electrons. The summed E-state index contributed by atoms with van der Waals surface area (Å²) in [6.45, 7) is 1.62. The van der Waals surface area contributed by atoms with E-state index in [2.05, 4.69) is 31.9 Å². The number of phenolic OH excluding ortho intramolecular Hbond substituents is 1. The Morgan fingerprint density at radius 3 is 2.40 bits per heavy atom. The van der Waals surface area contributed by atoms with Gasteiger partial charge >= 0.3 is 0 Å². The van der Waals surface area contributed by atoms with Crippen LogP contribution < -0.4 is 9.64 Å². The molecule has 4 atom stereocenters. The van der Waals surface area contributed by atoms with Gasteiger partial charge < -0.3 is 9.84 Å². The van der Waals surface area contributed by atoms with Gasteiger partial charge in [0, 0.05) is 32.1 Å². The zero-order valence-electron chi connectivity index (χ0n) is 21.3. The second kappa shape index (κ2) is 9.82. The van der Waals surface area contributed by atoms with E-state index in [-0.39, 0.29) is 41.3 Å². The molecule has 1 saturated heterocycles. The number of carbonyl (C=O) groups excluding carboxylic acids is 4. The lowest BCUT2D eigenvalue weighted by atomic mass is 9.59. The number of amides is 2. The van der Waals surface area contributed by atoms with Crippen LogP contribution in [0.3, 0.4) is 0 Å². The summed E-state index contributed by atoms with van der Waals surface area (Å²) in [6.07, 6.45) is 3.78. The molecular formula is C30H22Br2ClNO6. The van der Waals surface area contributed by atoms with Crippen LogP contribution in [0.1, 0.15) is 31.2 Å². The maximum absolute atomic E-state index is 14.0. The SMILES string of the molecule is COc1cc([C@H]2C3=CC[C@@H]4C(=O)N(c5ccc(Cl)cc5)C(=O)[C@@H]4[C@@H]3CC3=C2C(=O)C(C)=CC3=O)c(Br)c(Br)c1O. The lowest BCUT2D eigenvalue weighted by molar-refractivity contribution is -0.123. The maximum Gasteiger partial charge on any atom is 0.238 e. The van der Waals surface area contributed by atoms with E-state index in [4.69, 9.17) is 16.3 Å². The number of fused-ring (bicyclic) bond motifs is 3. The third-order valence-corrected chi connectivity index (χ3v) is 10.8. The molecule has 0 saturated carbocycles. The summed E-state index contributed by atoms with van der Waals surface area (Å²) in [5.41, 5.74) is 2.89. The number of nitrogens with zero attached hydrogens (tertiary/aromatic N) is 1. The van der Waals surface area contributed by atoms with Crippen LogP contribution in [-0.2, 0) is 19.2 Å². The average molecular weight is 688 g/mol. The number of ether oxygens (including phenoxy) is 1. The minimum atomic E-state index is -0.698. The molecule has 4 aliphatic rings. The van der Waals surface area contributed by atoms with Gasteiger partial charge in [-0.2, -0.15) is 0 Å². The molecule has 40 heavy (non-hydrogen) atoms. The third kappa shape index (κ3) is 3.89. The van der Waals surface area contributed by atoms with Crippen molar-refractivity contribution in [2.24, 2.45) is 17.8 Å². The summed E-state index contributed by atoms with van der Waals surface area (Å²) in [6, 6.07) is 8.18. The minimum absolute atomic E-state index is 0.116. The maximum atomic E-state index is 14.0. The number of Topliss-reactive ketones (excluding diaryl/α,β-unsaturated/α-hetero) is 1. The molecule has 7 nitrogen and oxygen atoms in total. The summed E-state index contributed by atoms with van der Waals surface area (Å²) in [5.74, 6) is -3.53. The van der Waals surface area contributed by atoms with Crippen LogP contribution in [0.25, 0.3) is 0 Å². The largest absolute Gasteiger partial charge is 0.503 e. The predicted octanol–water partition coefficient (Wildman–Crippen LogP) is 6.21. The number of hydrogen-bond donors (Lipinski definition) is 1. The van der Waals surface area contributed by atoms with E-state index >= 15 is 0 Å². The molecule has 2 amide bonds. The first kappa shape index (κ1) is 27.2. The first-order valence-electron chi connectivity index (χ1n) is 12.6. The first-order chi connectivity index (χ1) is 19.0. The molecule has 2 aromatic carbocycles. The lowest BCUT2D eigenvalue weighted by Gasteiger charge is -2.42. The number of imide groups is 1. The smallest absolute Gasteiger partial charge is 0.238 e. The number of anilines is 1. The number of aromatic hydroxyl groups is 1. The van der Waals surface area contributed by atoms with Gasteiger partial charge in [-0.3, -0.25) is 24.1 Å². The third-order valence-electron chi connectivity index (χ3n) is 8.35. The van der Waals surface area contributed by atoms with E-state index in [1.807, 2.05) is 6.08 Å². The fourth-order valence-electron chi connectivity index (χ4n) is 6.54. The highest BCUT2D eigenvalue weighted by Crippen LogP contribution is 2.57. The molecule has 10 heteroatoms. The van der Waals surface area contributed by atoms with Gasteiger partial charge in [0.15, 0.2) is 23.1 Å². The zero-order chi connectivity index (χ0) is 28.6. The van der Waals surface area contributed by atoms with Gasteiger partial charge in [-0.25, -0.2) is 0 Å². The van der Waals surface area contributed by atoms with Crippen molar-refractivity contribution in [1.82, 2.24) is 0 Å². The molecule has 0 radical (unpaired) electrons. The van der Waals surface area contributed by atoms with Gasteiger partial charge in [-0.05, 0) is 99.5 Å². The zero-order valence-corrected chi connectivity index (χ0v) is 25.3. The normalized spacial score (nSPS) is 25.9. The molecule has 2 aromatic rings. The molecule has 1 fully saturated rings. The van der Waals surface area contributed by atoms with Gasteiger partial charge in [0.1, 0.15) is 0 Å². The van der Waals surface area contributed by atoms with Crippen LogP contribution in [0.5, 0.6) is 11.5 Å². The Kier molecular flexibility index (Phi) is 6.67. The molecule has 1 aliphatic heterocycles. The Balaban J connectivity index is 1.53. The van der Waals surface area contributed by atoms with E-state index in [1.165, 1.54) is 18.1 Å². The van der Waals surface area contributed by atoms with Crippen LogP contribution >= 0.6 is 43.5 Å². The highest BCUT2D eigenvalue weighted by atomic mass is 79.9. The van der Waals surface area contributed by atoms with Crippen LogP contribution in [0, 0.1) is 17.8 Å². The van der Waals surface area contributed by atoms with Gasteiger partial charge in [-0.15, -0.1) is 0 Å². The summed E-state index contributed by atoms with van der Waals surface area (Å²) >= 11 is 13.0. The molecule has 1 heterocycles. The first-order valence-corrected chi connectivity index (χ1v) is 14.6. The van der Waals surface area contributed by atoms with E-state index < -0.39 is 23.7 Å². The second-order valence-corrected chi connectivity index (χ2v) is 12.4. The molecule has 0 aromatic heterocycles. The van der Waals surface area contributed by atoms with Gasteiger partial charge in [0.05, 0.1) is 29.1 Å². The van der Waals surface area contributed by atoms with Crippen LogP contribution in [0.15, 0.2) is 73.7 Å². The van der Waals surface area contributed by atoms with Crippen LogP contribution in [0.4, 0.5) is 5.69 Å². The van der Waals surface area contributed by atoms with E-state index in [0.29, 0.717) is 48.4 Å². The van der Waals surface area contributed by atoms with Crippen molar-refractivity contribution in [2.75, 3.05) is 12.0 Å². The van der Waals surface area contributed by atoms with Crippen molar-refractivity contribution in [1.29, 1.82) is 0 Å². The Morgan fingerprint density at radius 2 is 1.73 bits per heavy atom. The predicted molar refractivity (Wildman–Crippen MR) is 155 cm³/mol. The molecule has 1 N–H and O–H groups in total. The number of allylic oxidation sites excluding steroid dienone is 6. The van der Waals surface area contributed by atoms with Crippen LogP contribution in [0.2, 0.25) is 5.02 Å². The Bertz CT molecular complexity index is 1640. The fraction of sp³-hybridized carbons (Fsp3) is 0.267. The van der Waals surface area contributed by atoms with Crippen molar-refractivity contribution in [3.05, 3.63) is 84.3 Å². The summed E-state index contributed by atoms with van der Waals surface area (Å²) in [4.78, 5) is 55.7. The van der Waals surface area contributed by atoms with Crippen molar-refractivity contribution in [2.45, 2.75) is 25.7 Å². The quantitative estimate of drug-likeness (QED) is 0.234. The second-order valence-electron chi connectivity index (χ2n) is 10.4.